The van der Waals surface area contributed by atoms with E-state index in [4.69, 9.17) is 4.74 Å². The maximum atomic E-state index is 12.7. The average Bonchev–Trinajstić information content (AvgIpc) is 2.75. The van der Waals surface area contributed by atoms with Gasteiger partial charge in [-0.15, -0.1) is 0 Å². The average molecular weight is 272 g/mol. The standard InChI is InChI=1S/C12H11F3N2O2/c1-8-6-17(7-19-8)11(18)16-10-5-3-2-4-9(10)12(13,14)15/h2-6H,7H2,1H3,(H,16,18). The molecule has 1 N–H and O–H groups in total. The van der Waals surface area contributed by atoms with Crippen LogP contribution in [0.25, 0.3) is 0 Å². The number of benzene rings is 1. The number of hydrogen-bond donors (Lipinski definition) is 1. The highest BCUT2D eigenvalue weighted by Crippen LogP contribution is 2.34. The molecule has 2 rings (SSSR count). The van der Waals surface area contributed by atoms with Crippen LogP contribution in [-0.2, 0) is 10.9 Å². The van der Waals surface area contributed by atoms with Crippen molar-refractivity contribution in [1.82, 2.24) is 4.90 Å². The molecular formula is C12H11F3N2O2. The van der Waals surface area contributed by atoms with Gasteiger partial charge in [-0.3, -0.25) is 4.90 Å². The van der Waals surface area contributed by atoms with E-state index in [1.165, 1.54) is 24.4 Å². The molecule has 0 unspecified atom stereocenters. The molecule has 19 heavy (non-hydrogen) atoms. The predicted molar refractivity (Wildman–Crippen MR) is 62.0 cm³/mol. The third-order valence-electron chi connectivity index (χ3n) is 2.50. The van der Waals surface area contributed by atoms with Crippen molar-refractivity contribution in [3.63, 3.8) is 0 Å². The van der Waals surface area contributed by atoms with Crippen LogP contribution >= 0.6 is 0 Å². The van der Waals surface area contributed by atoms with Gasteiger partial charge in [0.2, 0.25) is 0 Å². The molecule has 0 fully saturated rings. The van der Waals surface area contributed by atoms with Crippen molar-refractivity contribution in [2.75, 3.05) is 12.0 Å². The largest absolute Gasteiger partial charge is 0.476 e. The summed E-state index contributed by atoms with van der Waals surface area (Å²) >= 11 is 0. The molecule has 0 saturated heterocycles. The zero-order valence-electron chi connectivity index (χ0n) is 9.99. The minimum atomic E-state index is -4.52. The van der Waals surface area contributed by atoms with Crippen molar-refractivity contribution in [1.29, 1.82) is 0 Å². The molecule has 1 aliphatic heterocycles. The molecule has 1 aromatic rings. The number of nitrogens with zero attached hydrogens (tertiary/aromatic N) is 1. The number of ether oxygens (including phenoxy) is 1. The highest BCUT2D eigenvalue weighted by Gasteiger charge is 2.34. The van der Waals surface area contributed by atoms with Gasteiger partial charge in [0, 0.05) is 6.20 Å². The molecule has 1 heterocycles. The van der Waals surface area contributed by atoms with Gasteiger partial charge in [-0.1, -0.05) is 12.1 Å². The van der Waals surface area contributed by atoms with E-state index in [0.29, 0.717) is 5.76 Å². The summed E-state index contributed by atoms with van der Waals surface area (Å²) in [7, 11) is 0. The molecule has 2 amide bonds. The molecule has 1 aliphatic rings. The molecule has 0 atom stereocenters. The van der Waals surface area contributed by atoms with Crippen molar-refractivity contribution in [3.8, 4) is 0 Å². The Bertz CT molecular complexity index is 526. The number of urea groups is 1. The number of para-hydroxylation sites is 1. The van der Waals surface area contributed by atoms with Gasteiger partial charge < -0.3 is 10.1 Å². The quantitative estimate of drug-likeness (QED) is 0.851. The van der Waals surface area contributed by atoms with Crippen molar-refractivity contribution in [3.05, 3.63) is 41.8 Å². The van der Waals surface area contributed by atoms with E-state index in [2.05, 4.69) is 5.32 Å². The first-order chi connectivity index (χ1) is 8.88. The summed E-state index contributed by atoms with van der Waals surface area (Å²) in [6.45, 7) is 1.64. The molecule has 0 spiro atoms. The number of halogens is 3. The summed E-state index contributed by atoms with van der Waals surface area (Å²) in [4.78, 5) is 12.9. The topological polar surface area (TPSA) is 41.6 Å². The molecular weight excluding hydrogens is 261 g/mol. The number of carbonyl (C=O) groups excluding carboxylic acids is 1. The van der Waals surface area contributed by atoms with Crippen LogP contribution in [0.2, 0.25) is 0 Å². The minimum absolute atomic E-state index is 0.00808. The number of alkyl halides is 3. The van der Waals surface area contributed by atoms with Crippen LogP contribution in [0.3, 0.4) is 0 Å². The highest BCUT2D eigenvalue weighted by molar-refractivity contribution is 5.91. The van der Waals surface area contributed by atoms with E-state index in [-0.39, 0.29) is 12.4 Å². The first kappa shape index (κ1) is 13.3. The van der Waals surface area contributed by atoms with E-state index in [1.54, 1.807) is 6.92 Å². The highest BCUT2D eigenvalue weighted by atomic mass is 19.4. The van der Waals surface area contributed by atoms with Gasteiger partial charge in [-0.2, -0.15) is 13.2 Å². The summed E-state index contributed by atoms with van der Waals surface area (Å²) in [5.41, 5.74) is -1.16. The number of amides is 2. The van der Waals surface area contributed by atoms with Crippen LogP contribution in [0, 0.1) is 0 Å². The fraction of sp³-hybridized carbons (Fsp3) is 0.250. The number of anilines is 1. The van der Waals surface area contributed by atoms with Gasteiger partial charge >= 0.3 is 12.2 Å². The normalized spacial score (nSPS) is 14.9. The van der Waals surface area contributed by atoms with Crippen LogP contribution < -0.4 is 5.32 Å². The first-order valence-corrected chi connectivity index (χ1v) is 5.43. The molecule has 0 saturated carbocycles. The van der Waals surface area contributed by atoms with Gasteiger partial charge in [0.25, 0.3) is 0 Å². The zero-order chi connectivity index (χ0) is 14.0. The Morgan fingerprint density at radius 2 is 2.05 bits per heavy atom. The lowest BCUT2D eigenvalue weighted by Gasteiger charge is -2.16. The van der Waals surface area contributed by atoms with Crippen molar-refractivity contribution in [2.45, 2.75) is 13.1 Å². The lowest BCUT2D eigenvalue weighted by Crippen LogP contribution is -2.30. The minimum Gasteiger partial charge on any atom is -0.476 e. The second-order valence-corrected chi connectivity index (χ2v) is 3.96. The van der Waals surface area contributed by atoms with Crippen LogP contribution in [-0.4, -0.2) is 17.7 Å². The monoisotopic (exact) mass is 272 g/mol. The lowest BCUT2D eigenvalue weighted by atomic mass is 10.1. The molecule has 0 aromatic heterocycles. The molecule has 0 bridgehead atoms. The maximum absolute atomic E-state index is 12.7. The molecule has 102 valence electrons. The number of hydrogen-bond acceptors (Lipinski definition) is 2. The van der Waals surface area contributed by atoms with E-state index >= 15 is 0 Å². The van der Waals surface area contributed by atoms with Crippen LogP contribution in [0.5, 0.6) is 0 Å². The van der Waals surface area contributed by atoms with Gasteiger partial charge in [0.1, 0.15) is 5.76 Å². The Labute approximate surface area is 107 Å². The molecule has 0 radical (unpaired) electrons. The third kappa shape index (κ3) is 2.98. The number of nitrogens with one attached hydrogen (secondary N) is 1. The summed E-state index contributed by atoms with van der Waals surface area (Å²) in [6.07, 6.45) is -3.09. The van der Waals surface area contributed by atoms with Gasteiger partial charge in [-0.05, 0) is 19.1 Å². The number of rotatable bonds is 1. The second-order valence-electron chi connectivity index (χ2n) is 3.96. The Morgan fingerprint density at radius 3 is 2.63 bits per heavy atom. The molecule has 0 aliphatic carbocycles. The number of allylic oxidation sites excluding steroid dienone is 1. The van der Waals surface area contributed by atoms with Crippen molar-refractivity contribution < 1.29 is 22.7 Å². The Balaban J connectivity index is 2.18. The Hall–Kier alpha value is -2.18. The summed E-state index contributed by atoms with van der Waals surface area (Å²) in [5, 5.41) is 2.22. The molecule has 7 heteroatoms. The van der Waals surface area contributed by atoms with Crippen LogP contribution in [0.1, 0.15) is 12.5 Å². The Kier molecular flexibility index (Phi) is 3.37. The van der Waals surface area contributed by atoms with Crippen LogP contribution in [0.15, 0.2) is 36.2 Å². The van der Waals surface area contributed by atoms with E-state index in [1.807, 2.05) is 0 Å². The Morgan fingerprint density at radius 1 is 1.37 bits per heavy atom. The van der Waals surface area contributed by atoms with Gasteiger partial charge in [0.05, 0.1) is 11.3 Å². The summed E-state index contributed by atoms with van der Waals surface area (Å²) in [5.74, 6) is 0.527. The van der Waals surface area contributed by atoms with Crippen molar-refractivity contribution in [2.24, 2.45) is 0 Å². The maximum Gasteiger partial charge on any atom is 0.418 e. The second kappa shape index (κ2) is 4.83. The zero-order valence-corrected chi connectivity index (χ0v) is 9.99. The number of carbonyl (C=O) groups is 1. The smallest absolute Gasteiger partial charge is 0.418 e. The van der Waals surface area contributed by atoms with E-state index in [0.717, 1.165) is 11.0 Å². The molecule has 1 aromatic carbocycles. The van der Waals surface area contributed by atoms with Crippen LogP contribution in [0.4, 0.5) is 23.7 Å². The summed E-state index contributed by atoms with van der Waals surface area (Å²) < 4.78 is 43.2. The summed E-state index contributed by atoms with van der Waals surface area (Å²) in [6, 6.07) is 4.13. The van der Waals surface area contributed by atoms with Gasteiger partial charge in [-0.25, -0.2) is 4.79 Å². The van der Waals surface area contributed by atoms with E-state index in [9.17, 15) is 18.0 Å². The fourth-order valence-electron chi connectivity index (χ4n) is 1.61. The fourth-order valence-corrected chi connectivity index (χ4v) is 1.61. The SMILES string of the molecule is CC1=CN(C(=O)Nc2ccccc2C(F)(F)F)CO1. The third-order valence-corrected chi connectivity index (χ3v) is 2.50. The van der Waals surface area contributed by atoms with Gasteiger partial charge in [0.15, 0.2) is 6.73 Å². The van der Waals surface area contributed by atoms with Crippen molar-refractivity contribution >= 4 is 11.7 Å². The lowest BCUT2D eigenvalue weighted by molar-refractivity contribution is -0.136. The van der Waals surface area contributed by atoms with E-state index < -0.39 is 17.8 Å². The molecule has 4 nitrogen and oxygen atoms in total. The predicted octanol–water partition coefficient (Wildman–Crippen LogP) is 3.39. The first-order valence-electron chi connectivity index (χ1n) is 5.43.